The zero-order chi connectivity index (χ0) is 14.0. The Kier molecular flexibility index (Phi) is 3.61. The lowest BCUT2D eigenvalue weighted by Crippen LogP contribution is -2.50. The van der Waals surface area contributed by atoms with Gasteiger partial charge in [0, 0.05) is 26.2 Å². The summed E-state index contributed by atoms with van der Waals surface area (Å²) < 4.78 is 0. The van der Waals surface area contributed by atoms with Crippen molar-refractivity contribution in [1.29, 1.82) is 5.26 Å². The second kappa shape index (κ2) is 5.19. The first-order valence-electron chi connectivity index (χ1n) is 6.33. The maximum atomic E-state index is 11.1. The van der Waals surface area contributed by atoms with Crippen molar-refractivity contribution in [3.63, 3.8) is 0 Å². The molecular formula is C14H18N4O. The number of nitrogens with two attached hydrogens (primary N) is 1. The number of anilines is 1. The topological polar surface area (TPSA) is 73.4 Å². The fourth-order valence-corrected chi connectivity index (χ4v) is 2.32. The predicted octanol–water partition coefficient (Wildman–Crippen LogP) is 1.38. The van der Waals surface area contributed by atoms with Crippen molar-refractivity contribution in [2.75, 3.05) is 31.1 Å². The quantitative estimate of drug-likeness (QED) is 0.827. The highest BCUT2D eigenvalue weighted by molar-refractivity contribution is 5.72. The van der Waals surface area contributed by atoms with Gasteiger partial charge in [-0.3, -0.25) is 0 Å². The number of benzene rings is 1. The van der Waals surface area contributed by atoms with Crippen molar-refractivity contribution in [3.8, 4) is 6.07 Å². The lowest BCUT2D eigenvalue weighted by molar-refractivity contribution is 0.204. The molecule has 5 nitrogen and oxygen atoms in total. The number of hydrogen-bond donors (Lipinski definition) is 1. The van der Waals surface area contributed by atoms with Crippen molar-refractivity contribution in [1.82, 2.24) is 4.90 Å². The van der Waals surface area contributed by atoms with Crippen molar-refractivity contribution in [2.24, 2.45) is 5.73 Å². The second-order valence-electron chi connectivity index (χ2n) is 4.88. The number of nitrogens with zero attached hydrogens (tertiary/aromatic N) is 3. The first-order valence-corrected chi connectivity index (χ1v) is 6.33. The van der Waals surface area contributed by atoms with Gasteiger partial charge in [0.15, 0.2) is 0 Å². The SMILES string of the molecule is Cc1cc(C#N)c(N2CCN(C(N)=O)CC2)cc1C. The van der Waals surface area contributed by atoms with Crippen LogP contribution in [0.1, 0.15) is 16.7 Å². The highest BCUT2D eigenvalue weighted by atomic mass is 16.2. The molecule has 1 fully saturated rings. The van der Waals surface area contributed by atoms with Gasteiger partial charge in [-0.1, -0.05) is 0 Å². The van der Waals surface area contributed by atoms with Gasteiger partial charge < -0.3 is 15.5 Å². The third-order valence-electron chi connectivity index (χ3n) is 3.66. The van der Waals surface area contributed by atoms with Gasteiger partial charge in [-0.2, -0.15) is 5.26 Å². The summed E-state index contributed by atoms with van der Waals surface area (Å²) in [5, 5.41) is 9.24. The number of primary amides is 1. The fraction of sp³-hybridized carbons (Fsp3) is 0.429. The van der Waals surface area contributed by atoms with E-state index in [1.165, 1.54) is 5.56 Å². The Balaban J connectivity index is 2.22. The van der Waals surface area contributed by atoms with Crippen LogP contribution in [0.25, 0.3) is 0 Å². The smallest absolute Gasteiger partial charge is 0.314 e. The molecule has 2 N–H and O–H groups in total. The van der Waals surface area contributed by atoms with Crippen molar-refractivity contribution in [2.45, 2.75) is 13.8 Å². The minimum atomic E-state index is -0.375. The Bertz CT molecular complexity index is 539. The molecule has 2 amide bonds. The second-order valence-corrected chi connectivity index (χ2v) is 4.88. The molecule has 0 atom stereocenters. The van der Waals surface area contributed by atoms with Crippen LogP contribution in [0.2, 0.25) is 0 Å². The molecule has 1 aliphatic heterocycles. The van der Waals surface area contributed by atoms with E-state index in [2.05, 4.69) is 11.0 Å². The van der Waals surface area contributed by atoms with E-state index in [1.807, 2.05) is 26.0 Å². The van der Waals surface area contributed by atoms with E-state index in [4.69, 9.17) is 5.73 Å². The minimum absolute atomic E-state index is 0.375. The summed E-state index contributed by atoms with van der Waals surface area (Å²) in [6, 6.07) is 5.84. The average Bonchev–Trinajstić information content (AvgIpc) is 2.41. The van der Waals surface area contributed by atoms with E-state index in [0.717, 1.165) is 11.3 Å². The predicted molar refractivity (Wildman–Crippen MR) is 74.0 cm³/mol. The number of aryl methyl sites for hydroxylation is 2. The molecule has 0 spiro atoms. The van der Waals surface area contributed by atoms with Crippen LogP contribution in [0.15, 0.2) is 12.1 Å². The molecule has 1 aromatic carbocycles. The molecule has 0 unspecified atom stereocenters. The third kappa shape index (κ3) is 2.63. The van der Waals surface area contributed by atoms with Gasteiger partial charge in [0.05, 0.1) is 11.3 Å². The van der Waals surface area contributed by atoms with E-state index in [9.17, 15) is 10.1 Å². The molecule has 0 radical (unpaired) electrons. The maximum Gasteiger partial charge on any atom is 0.314 e. The molecule has 5 heteroatoms. The monoisotopic (exact) mass is 258 g/mol. The largest absolute Gasteiger partial charge is 0.367 e. The summed E-state index contributed by atoms with van der Waals surface area (Å²) in [7, 11) is 0. The number of piperazine rings is 1. The molecule has 1 saturated heterocycles. The molecule has 19 heavy (non-hydrogen) atoms. The van der Waals surface area contributed by atoms with Gasteiger partial charge >= 0.3 is 6.03 Å². The zero-order valence-corrected chi connectivity index (χ0v) is 11.3. The van der Waals surface area contributed by atoms with Gasteiger partial charge in [-0.05, 0) is 37.1 Å². The number of nitriles is 1. The minimum Gasteiger partial charge on any atom is -0.367 e. The number of hydrogen-bond acceptors (Lipinski definition) is 3. The van der Waals surface area contributed by atoms with Crippen LogP contribution in [-0.2, 0) is 0 Å². The Labute approximate surface area is 113 Å². The van der Waals surface area contributed by atoms with E-state index in [1.54, 1.807) is 4.90 Å². The fourth-order valence-electron chi connectivity index (χ4n) is 2.32. The van der Waals surface area contributed by atoms with Crippen LogP contribution in [0.5, 0.6) is 0 Å². The summed E-state index contributed by atoms with van der Waals surface area (Å²) in [4.78, 5) is 14.9. The molecule has 2 rings (SSSR count). The van der Waals surface area contributed by atoms with Crippen molar-refractivity contribution < 1.29 is 4.79 Å². The van der Waals surface area contributed by atoms with E-state index in [-0.39, 0.29) is 6.03 Å². The molecule has 100 valence electrons. The van der Waals surface area contributed by atoms with Crippen LogP contribution in [0.3, 0.4) is 0 Å². The highest BCUT2D eigenvalue weighted by Crippen LogP contribution is 2.25. The molecular weight excluding hydrogens is 240 g/mol. The van der Waals surface area contributed by atoms with Crippen LogP contribution in [0.4, 0.5) is 10.5 Å². The van der Waals surface area contributed by atoms with Crippen LogP contribution < -0.4 is 10.6 Å². The van der Waals surface area contributed by atoms with Crippen molar-refractivity contribution in [3.05, 3.63) is 28.8 Å². The summed E-state index contributed by atoms with van der Waals surface area (Å²) in [5.74, 6) is 0. The Morgan fingerprint density at radius 2 is 1.79 bits per heavy atom. The molecule has 0 aliphatic carbocycles. The number of carbonyl (C=O) groups is 1. The average molecular weight is 258 g/mol. The number of carbonyl (C=O) groups excluding carboxylic acids is 1. The number of urea groups is 1. The summed E-state index contributed by atoms with van der Waals surface area (Å²) in [5.41, 5.74) is 9.21. The van der Waals surface area contributed by atoms with E-state index in [0.29, 0.717) is 31.7 Å². The molecule has 0 saturated carbocycles. The standard InChI is InChI=1S/C14H18N4O/c1-10-7-12(9-15)13(8-11(10)2)17-3-5-18(6-4-17)14(16)19/h7-8H,3-6H2,1-2H3,(H2,16,19). The molecule has 1 aliphatic rings. The Hall–Kier alpha value is -2.22. The molecule has 0 aromatic heterocycles. The zero-order valence-electron chi connectivity index (χ0n) is 11.3. The van der Waals surface area contributed by atoms with Crippen LogP contribution >= 0.6 is 0 Å². The first-order chi connectivity index (χ1) is 9.02. The van der Waals surface area contributed by atoms with Crippen molar-refractivity contribution >= 4 is 11.7 Å². The molecule has 0 bridgehead atoms. The van der Waals surface area contributed by atoms with E-state index < -0.39 is 0 Å². The number of amides is 2. The maximum absolute atomic E-state index is 11.1. The Morgan fingerprint density at radius 3 is 2.32 bits per heavy atom. The summed E-state index contributed by atoms with van der Waals surface area (Å²) >= 11 is 0. The molecule has 1 aromatic rings. The normalized spacial score (nSPS) is 15.2. The highest BCUT2D eigenvalue weighted by Gasteiger charge is 2.21. The van der Waals surface area contributed by atoms with Gasteiger partial charge in [-0.25, -0.2) is 4.79 Å². The van der Waals surface area contributed by atoms with Gasteiger partial charge in [-0.15, -0.1) is 0 Å². The Morgan fingerprint density at radius 1 is 1.21 bits per heavy atom. The van der Waals surface area contributed by atoms with Gasteiger partial charge in [0.2, 0.25) is 0 Å². The van der Waals surface area contributed by atoms with Crippen LogP contribution in [0, 0.1) is 25.2 Å². The lowest BCUT2D eigenvalue weighted by atomic mass is 10.0. The third-order valence-corrected chi connectivity index (χ3v) is 3.66. The number of rotatable bonds is 1. The summed E-state index contributed by atoms with van der Waals surface area (Å²) in [6.07, 6.45) is 0. The van der Waals surface area contributed by atoms with E-state index >= 15 is 0 Å². The lowest BCUT2D eigenvalue weighted by Gasteiger charge is -2.35. The summed E-state index contributed by atoms with van der Waals surface area (Å²) in [6.45, 7) is 6.67. The molecule has 1 heterocycles. The van der Waals surface area contributed by atoms with Gasteiger partial charge in [0.1, 0.15) is 6.07 Å². The van der Waals surface area contributed by atoms with Gasteiger partial charge in [0.25, 0.3) is 0 Å². The first kappa shape index (κ1) is 13.2. The van der Waals surface area contributed by atoms with Crippen LogP contribution in [-0.4, -0.2) is 37.1 Å².